The topological polar surface area (TPSA) is 142 Å². The summed E-state index contributed by atoms with van der Waals surface area (Å²) in [5.74, 6) is -2.82. The number of anilines is 2. The molecule has 0 unspecified atom stereocenters. The predicted molar refractivity (Wildman–Crippen MR) is 116 cm³/mol. The number of rotatable bonds is 6. The van der Waals surface area contributed by atoms with E-state index in [1.807, 2.05) is 0 Å². The Bertz CT molecular complexity index is 1130. The van der Waals surface area contributed by atoms with Crippen LogP contribution in [0, 0.1) is 0 Å². The monoisotopic (exact) mass is 433 g/mol. The molecule has 2 aromatic carbocycles. The molecule has 0 aliphatic carbocycles. The minimum absolute atomic E-state index is 0.0271. The number of hydrogen-bond donors (Lipinski definition) is 4. The van der Waals surface area contributed by atoms with Crippen LogP contribution in [0.25, 0.3) is 0 Å². The van der Waals surface area contributed by atoms with Crippen LogP contribution in [-0.2, 0) is 25.7 Å². The van der Waals surface area contributed by atoms with E-state index in [4.69, 9.17) is 4.42 Å². The van der Waals surface area contributed by atoms with Crippen molar-refractivity contribution in [1.82, 2.24) is 10.7 Å². The number of benzene rings is 2. The standard InChI is InChI=1S/C22H19N5O5/c28-19(20(29)25-15-7-3-1-4-8-15)23-13-17-11-12-18(32-17)14-24-27-22(31)21(30)26-16-9-5-2-6-10-16/h1-12,14H,13H2,(H,23,28)(H,25,29)(H,26,30)(H,27,31)/b24-14+. The number of para-hydroxylation sites is 2. The minimum Gasteiger partial charge on any atom is -0.458 e. The molecule has 3 rings (SSSR count). The summed E-state index contributed by atoms with van der Waals surface area (Å²) in [6, 6.07) is 20.2. The fourth-order valence-corrected chi connectivity index (χ4v) is 2.43. The molecule has 1 aromatic heterocycles. The van der Waals surface area contributed by atoms with E-state index in [-0.39, 0.29) is 12.3 Å². The van der Waals surface area contributed by atoms with Crippen LogP contribution in [0.1, 0.15) is 11.5 Å². The Kier molecular flexibility index (Phi) is 7.47. The number of hydrazone groups is 1. The lowest BCUT2D eigenvalue weighted by atomic mass is 10.3. The average molecular weight is 433 g/mol. The molecule has 32 heavy (non-hydrogen) atoms. The van der Waals surface area contributed by atoms with Gasteiger partial charge in [0.05, 0.1) is 12.8 Å². The first-order valence-electron chi connectivity index (χ1n) is 9.43. The van der Waals surface area contributed by atoms with E-state index in [9.17, 15) is 19.2 Å². The van der Waals surface area contributed by atoms with Crippen molar-refractivity contribution < 1.29 is 23.6 Å². The van der Waals surface area contributed by atoms with Crippen LogP contribution in [0.15, 0.2) is 82.3 Å². The highest BCUT2D eigenvalue weighted by Crippen LogP contribution is 2.07. The molecule has 0 aliphatic rings. The summed E-state index contributed by atoms with van der Waals surface area (Å²) in [6.45, 7) is -0.0271. The van der Waals surface area contributed by atoms with E-state index < -0.39 is 23.6 Å². The summed E-state index contributed by atoms with van der Waals surface area (Å²) in [7, 11) is 0. The number of carbonyl (C=O) groups is 4. The van der Waals surface area contributed by atoms with Crippen LogP contribution >= 0.6 is 0 Å². The van der Waals surface area contributed by atoms with E-state index in [0.29, 0.717) is 17.1 Å². The second kappa shape index (κ2) is 10.9. The first kappa shape index (κ1) is 22.0. The molecule has 0 saturated heterocycles. The highest BCUT2D eigenvalue weighted by Gasteiger charge is 2.14. The van der Waals surface area contributed by atoms with Gasteiger partial charge < -0.3 is 20.4 Å². The van der Waals surface area contributed by atoms with Crippen LogP contribution in [0.3, 0.4) is 0 Å². The second-order valence-electron chi connectivity index (χ2n) is 6.33. The van der Waals surface area contributed by atoms with Gasteiger partial charge in [-0.05, 0) is 36.4 Å². The Labute approximate surface area is 182 Å². The fourth-order valence-electron chi connectivity index (χ4n) is 2.43. The van der Waals surface area contributed by atoms with E-state index in [1.165, 1.54) is 6.21 Å². The molecule has 0 radical (unpaired) electrons. The molecule has 0 fully saturated rings. The summed E-state index contributed by atoms with van der Waals surface area (Å²) < 4.78 is 5.42. The summed E-state index contributed by atoms with van der Waals surface area (Å²) >= 11 is 0. The number of hydrogen-bond acceptors (Lipinski definition) is 6. The Morgan fingerprint density at radius 3 is 1.88 bits per heavy atom. The summed E-state index contributed by atoms with van der Waals surface area (Å²) in [4.78, 5) is 47.3. The van der Waals surface area contributed by atoms with Gasteiger partial charge in [-0.15, -0.1) is 0 Å². The van der Waals surface area contributed by atoms with Crippen molar-refractivity contribution in [3.63, 3.8) is 0 Å². The van der Waals surface area contributed by atoms with Gasteiger partial charge in [-0.2, -0.15) is 5.10 Å². The molecule has 4 N–H and O–H groups in total. The van der Waals surface area contributed by atoms with Gasteiger partial charge in [-0.25, -0.2) is 5.43 Å². The zero-order valence-electron chi connectivity index (χ0n) is 16.7. The zero-order valence-corrected chi connectivity index (χ0v) is 16.7. The molecule has 162 valence electrons. The SMILES string of the molecule is O=C(NCc1ccc(/C=N/NC(=O)C(=O)Nc2ccccc2)o1)C(=O)Nc1ccccc1. The lowest BCUT2D eigenvalue weighted by Gasteiger charge is -2.05. The normalized spacial score (nSPS) is 10.4. The molecule has 3 aromatic rings. The molecule has 1 heterocycles. The Balaban J connectivity index is 1.42. The largest absolute Gasteiger partial charge is 0.458 e. The van der Waals surface area contributed by atoms with Gasteiger partial charge in [0.1, 0.15) is 11.5 Å². The number of carbonyl (C=O) groups excluding carboxylic acids is 4. The molecule has 0 aliphatic heterocycles. The van der Waals surface area contributed by atoms with Gasteiger partial charge in [0.2, 0.25) is 0 Å². The molecule has 10 nitrogen and oxygen atoms in total. The maximum absolute atomic E-state index is 11.9. The highest BCUT2D eigenvalue weighted by atomic mass is 16.3. The van der Waals surface area contributed by atoms with Crippen LogP contribution in [0.2, 0.25) is 0 Å². The number of nitrogens with zero attached hydrogens (tertiary/aromatic N) is 1. The smallest absolute Gasteiger partial charge is 0.329 e. The number of amides is 4. The van der Waals surface area contributed by atoms with E-state index in [2.05, 4.69) is 26.5 Å². The third-order valence-corrected chi connectivity index (χ3v) is 3.94. The first-order chi connectivity index (χ1) is 15.5. The van der Waals surface area contributed by atoms with Crippen molar-refractivity contribution >= 4 is 41.2 Å². The zero-order chi connectivity index (χ0) is 22.8. The highest BCUT2D eigenvalue weighted by molar-refractivity contribution is 6.40. The lowest BCUT2D eigenvalue weighted by molar-refractivity contribution is -0.136. The Morgan fingerprint density at radius 1 is 0.719 bits per heavy atom. The summed E-state index contributed by atoms with van der Waals surface area (Å²) in [5, 5.41) is 11.0. The van der Waals surface area contributed by atoms with Gasteiger partial charge in [-0.1, -0.05) is 36.4 Å². The number of nitrogens with one attached hydrogen (secondary N) is 4. The van der Waals surface area contributed by atoms with Gasteiger partial charge in [0, 0.05) is 11.4 Å². The van der Waals surface area contributed by atoms with Crippen LogP contribution in [-0.4, -0.2) is 29.8 Å². The van der Waals surface area contributed by atoms with Crippen molar-refractivity contribution in [2.45, 2.75) is 6.54 Å². The van der Waals surface area contributed by atoms with Gasteiger partial charge in [-0.3, -0.25) is 19.2 Å². The van der Waals surface area contributed by atoms with Crippen molar-refractivity contribution in [3.05, 3.63) is 84.3 Å². The summed E-state index contributed by atoms with van der Waals surface area (Å²) in [5.41, 5.74) is 3.07. The van der Waals surface area contributed by atoms with Gasteiger partial charge in [0.25, 0.3) is 0 Å². The Morgan fingerprint density at radius 2 is 1.28 bits per heavy atom. The molecular formula is C22H19N5O5. The molecule has 0 atom stereocenters. The maximum atomic E-state index is 11.9. The molecule has 4 amide bonds. The van der Waals surface area contributed by atoms with Crippen molar-refractivity contribution in [1.29, 1.82) is 0 Å². The van der Waals surface area contributed by atoms with E-state index in [1.54, 1.807) is 72.8 Å². The molecule has 0 bridgehead atoms. The molecule has 0 spiro atoms. The lowest BCUT2D eigenvalue weighted by Crippen LogP contribution is -2.34. The van der Waals surface area contributed by atoms with E-state index in [0.717, 1.165) is 0 Å². The maximum Gasteiger partial charge on any atom is 0.329 e. The van der Waals surface area contributed by atoms with E-state index >= 15 is 0 Å². The average Bonchev–Trinajstić information content (AvgIpc) is 3.26. The van der Waals surface area contributed by atoms with Crippen molar-refractivity contribution in [2.24, 2.45) is 5.10 Å². The predicted octanol–water partition coefficient (Wildman–Crippen LogP) is 1.62. The first-order valence-corrected chi connectivity index (χ1v) is 9.43. The van der Waals surface area contributed by atoms with Crippen molar-refractivity contribution in [2.75, 3.05) is 10.6 Å². The third kappa shape index (κ3) is 6.66. The molecule has 10 heteroatoms. The fraction of sp³-hybridized carbons (Fsp3) is 0.0455. The van der Waals surface area contributed by atoms with Gasteiger partial charge in [0.15, 0.2) is 0 Å². The quantitative estimate of drug-likeness (QED) is 0.266. The van der Waals surface area contributed by atoms with Crippen molar-refractivity contribution in [3.8, 4) is 0 Å². The molecular weight excluding hydrogens is 414 g/mol. The summed E-state index contributed by atoms with van der Waals surface area (Å²) in [6.07, 6.45) is 1.20. The van der Waals surface area contributed by atoms with Crippen LogP contribution in [0.5, 0.6) is 0 Å². The molecule has 0 saturated carbocycles. The van der Waals surface area contributed by atoms with Crippen LogP contribution in [0.4, 0.5) is 11.4 Å². The van der Waals surface area contributed by atoms with Crippen LogP contribution < -0.4 is 21.4 Å². The minimum atomic E-state index is -0.950. The Hall–Kier alpha value is -4.73. The van der Waals surface area contributed by atoms with Gasteiger partial charge >= 0.3 is 23.6 Å². The second-order valence-corrected chi connectivity index (χ2v) is 6.33. The third-order valence-electron chi connectivity index (χ3n) is 3.94. The number of furan rings is 1.